The lowest BCUT2D eigenvalue weighted by molar-refractivity contribution is -0.638. The van der Waals surface area contributed by atoms with E-state index in [4.69, 9.17) is 16.7 Å². The molecule has 0 fully saturated rings. The molecular formula is C2H7ClNO4S+2. The summed E-state index contributed by atoms with van der Waals surface area (Å²) in [6, 6.07) is 0. The number of hydrogen-bond acceptors (Lipinski definition) is 3. The molecule has 0 aliphatic heterocycles. The van der Waals surface area contributed by atoms with Crippen LogP contribution in [0, 0.1) is 0 Å². The van der Waals surface area contributed by atoms with E-state index in [-0.39, 0.29) is 0 Å². The molecule has 0 saturated heterocycles. The van der Waals surface area contributed by atoms with Gasteiger partial charge in [-0.15, -0.1) is 11.6 Å². The fourth-order valence-corrected chi connectivity index (χ4v) is 0.930. The van der Waals surface area contributed by atoms with Crippen LogP contribution in [0.2, 0.25) is 0 Å². The average molecular weight is 177 g/mol. The van der Waals surface area contributed by atoms with E-state index in [0.717, 1.165) is 0 Å². The summed E-state index contributed by atoms with van der Waals surface area (Å²) < 4.78 is 24.3. The topological polar surface area (TPSA) is 94.1 Å². The minimum atomic E-state index is -3.94. The third kappa shape index (κ3) is 2.57. The van der Waals surface area contributed by atoms with Gasteiger partial charge in [-0.1, -0.05) is 0 Å². The molecule has 0 saturated carbocycles. The maximum Gasteiger partial charge on any atom is 0.478 e. The predicted molar refractivity (Wildman–Crippen MR) is 29.4 cm³/mol. The van der Waals surface area contributed by atoms with Gasteiger partial charge in [-0.3, -0.25) is 0 Å². The largest absolute Gasteiger partial charge is 0.478 e. The van der Waals surface area contributed by atoms with Crippen molar-refractivity contribution in [1.82, 2.24) is 0 Å². The third-order valence-corrected chi connectivity index (χ3v) is 2.27. The van der Waals surface area contributed by atoms with Gasteiger partial charge in [0, 0.05) is 0 Å². The summed E-state index contributed by atoms with van der Waals surface area (Å²) in [7, 11) is -3.94. The highest BCUT2D eigenvalue weighted by Gasteiger charge is 2.43. The van der Waals surface area contributed by atoms with Gasteiger partial charge >= 0.3 is 15.9 Å². The summed E-state index contributed by atoms with van der Waals surface area (Å²) in [4.78, 5) is 0. The van der Waals surface area contributed by atoms with Crippen molar-refractivity contribution in [3.8, 4) is 0 Å². The van der Waals surface area contributed by atoms with Gasteiger partial charge in [-0.2, -0.15) is 5.90 Å². The van der Waals surface area contributed by atoms with Crippen molar-refractivity contribution < 1.29 is 24.0 Å². The van der Waals surface area contributed by atoms with Gasteiger partial charge in [0.15, 0.2) is 0 Å². The first-order chi connectivity index (χ1) is 4.04. The monoisotopic (exact) mass is 176 g/mol. The van der Waals surface area contributed by atoms with Crippen molar-refractivity contribution in [2.45, 2.75) is 5.44 Å². The molecule has 4 N–H and O–H groups in total. The van der Waals surface area contributed by atoms with Gasteiger partial charge in [0.1, 0.15) is 5.88 Å². The Morgan fingerprint density at radius 3 is 2.44 bits per heavy atom. The second-order valence-corrected chi connectivity index (χ2v) is 3.29. The van der Waals surface area contributed by atoms with Crippen molar-refractivity contribution in [3.63, 3.8) is 0 Å². The maximum atomic E-state index is 10.3. The van der Waals surface area contributed by atoms with Gasteiger partial charge in [0.05, 0.1) is 8.84 Å². The molecule has 7 heteroatoms. The molecule has 5 nitrogen and oxygen atoms in total. The molecule has 2 atom stereocenters. The number of quaternary nitrogens is 1. The smallest absolute Gasteiger partial charge is 0.344 e. The van der Waals surface area contributed by atoms with E-state index >= 15 is 0 Å². The Balaban J connectivity index is 3.98. The van der Waals surface area contributed by atoms with E-state index < -0.39 is 21.8 Å². The van der Waals surface area contributed by atoms with E-state index in [2.05, 4.69) is 10.2 Å². The fourth-order valence-electron chi connectivity index (χ4n) is 0.156. The number of alkyl halides is 1. The summed E-state index contributed by atoms with van der Waals surface area (Å²) in [6.07, 6.45) is 0. The lowest BCUT2D eigenvalue weighted by Gasteiger charge is -1.96. The average Bonchev–Trinajstić information content (AvgIpc) is 1.86. The summed E-state index contributed by atoms with van der Waals surface area (Å²) in [5.74, 6) is 2.20. The molecule has 0 heterocycles. The van der Waals surface area contributed by atoms with Gasteiger partial charge < -0.3 is 5.11 Å². The molecule has 0 aliphatic rings. The van der Waals surface area contributed by atoms with Crippen molar-refractivity contribution in [2.24, 2.45) is 0 Å². The molecule has 0 amide bonds. The lowest BCUT2D eigenvalue weighted by atomic mass is 10.9. The van der Waals surface area contributed by atoms with E-state index in [1.54, 1.807) is 0 Å². The van der Waals surface area contributed by atoms with Gasteiger partial charge in [0.25, 0.3) is 0 Å². The van der Waals surface area contributed by atoms with E-state index in [1.165, 1.54) is 0 Å². The number of aliphatic hydroxyl groups excluding tert-OH is 1. The second-order valence-electron chi connectivity index (χ2n) is 1.22. The highest BCUT2D eigenvalue weighted by Crippen LogP contribution is 2.06. The molecule has 55 valence electrons. The Kier molecular flexibility index (Phi) is 3.56. The standard InChI is InChI=1S/C2H7ClNO4S/c3-1-2(5)9(6,7)8-4/h2,5H,1H2,4H3/q+2. The molecule has 9 heavy (non-hydrogen) atoms. The molecule has 0 rings (SSSR count). The third-order valence-electron chi connectivity index (χ3n) is 0.629. The zero-order chi connectivity index (χ0) is 7.49. The van der Waals surface area contributed by atoms with E-state index in [0.29, 0.717) is 0 Å². The lowest BCUT2D eigenvalue weighted by Crippen LogP contribution is -2.55. The minimum Gasteiger partial charge on any atom is -0.344 e. The van der Waals surface area contributed by atoms with Crippen LogP contribution in [-0.4, -0.2) is 16.4 Å². The SMILES string of the molecule is [NH3+]O[S+]([O])(=O)C(O)CCl. The number of halogens is 1. The molecule has 0 bridgehead atoms. The van der Waals surface area contributed by atoms with Crippen LogP contribution in [-0.2, 0) is 23.5 Å². The zero-order valence-corrected chi connectivity index (χ0v) is 6.02. The molecule has 1 radical (unpaired) electrons. The Bertz CT molecular complexity index is 130. The highest BCUT2D eigenvalue weighted by molar-refractivity contribution is 7.93. The van der Waals surface area contributed by atoms with Crippen LogP contribution < -0.4 is 5.90 Å². The molecule has 0 aromatic carbocycles. The first-order valence-corrected chi connectivity index (χ1v) is 3.96. The minimum absolute atomic E-state index is 0.419. The maximum absolute atomic E-state index is 10.3. The first-order valence-electron chi connectivity index (χ1n) is 1.96. The summed E-state index contributed by atoms with van der Waals surface area (Å²) in [5, 5.41) is 8.50. The van der Waals surface area contributed by atoms with E-state index in [1.807, 2.05) is 0 Å². The molecule has 0 aliphatic carbocycles. The normalized spacial score (nSPS) is 20.9. The quantitative estimate of drug-likeness (QED) is 0.311. The molecule has 0 spiro atoms. The fraction of sp³-hybridized carbons (Fsp3) is 1.00. The second kappa shape index (κ2) is 3.45. The van der Waals surface area contributed by atoms with Crippen LogP contribution in [0.25, 0.3) is 0 Å². The summed E-state index contributed by atoms with van der Waals surface area (Å²) in [5.41, 5.74) is -1.68. The Morgan fingerprint density at radius 1 is 1.89 bits per heavy atom. The van der Waals surface area contributed by atoms with Crippen LogP contribution in [0.15, 0.2) is 0 Å². The van der Waals surface area contributed by atoms with Crippen LogP contribution in [0.4, 0.5) is 0 Å². The van der Waals surface area contributed by atoms with Crippen LogP contribution >= 0.6 is 11.6 Å². The number of hydrogen-bond donors (Lipinski definition) is 2. The van der Waals surface area contributed by atoms with Crippen molar-refractivity contribution >= 4 is 22.1 Å². The number of aliphatic hydroxyl groups is 1. The Labute approximate surface area is 58.2 Å². The number of rotatable bonds is 3. The summed E-state index contributed by atoms with van der Waals surface area (Å²) in [6.45, 7) is 0. The van der Waals surface area contributed by atoms with Crippen LogP contribution in [0.1, 0.15) is 0 Å². The Morgan fingerprint density at radius 2 is 2.33 bits per heavy atom. The molecular weight excluding hydrogens is 170 g/mol. The van der Waals surface area contributed by atoms with Crippen molar-refractivity contribution in [1.29, 1.82) is 0 Å². The zero-order valence-electron chi connectivity index (χ0n) is 4.45. The summed E-state index contributed by atoms with van der Waals surface area (Å²) >= 11 is 4.98. The first kappa shape index (κ1) is 9.28. The van der Waals surface area contributed by atoms with Gasteiger partial charge in [-0.05, 0) is 4.21 Å². The van der Waals surface area contributed by atoms with Gasteiger partial charge in [0.2, 0.25) is 0 Å². The predicted octanol–water partition coefficient (Wildman–Crippen LogP) is -1.52. The van der Waals surface area contributed by atoms with Crippen molar-refractivity contribution in [2.75, 3.05) is 5.88 Å². The van der Waals surface area contributed by atoms with Crippen LogP contribution in [0.5, 0.6) is 0 Å². The Hall–Kier alpha value is 0.280. The van der Waals surface area contributed by atoms with Crippen LogP contribution in [0.3, 0.4) is 0 Å². The molecule has 0 aromatic rings. The van der Waals surface area contributed by atoms with Crippen molar-refractivity contribution in [3.05, 3.63) is 0 Å². The molecule has 2 unspecified atom stereocenters. The molecule has 0 aromatic heterocycles. The highest BCUT2D eigenvalue weighted by atomic mass is 35.5. The van der Waals surface area contributed by atoms with Gasteiger partial charge in [-0.25, -0.2) is 0 Å². The van der Waals surface area contributed by atoms with E-state index in [9.17, 15) is 8.76 Å².